The summed E-state index contributed by atoms with van der Waals surface area (Å²) < 4.78 is 0. The Bertz CT molecular complexity index is 223. The van der Waals surface area contributed by atoms with Gasteiger partial charge in [0.15, 0.2) is 0 Å². The van der Waals surface area contributed by atoms with E-state index in [0.29, 0.717) is 12.0 Å². The van der Waals surface area contributed by atoms with Crippen LogP contribution in [0.25, 0.3) is 0 Å². The number of nitrogens with one attached hydrogen (secondary N) is 2. The van der Waals surface area contributed by atoms with Crippen molar-refractivity contribution in [3.63, 3.8) is 0 Å². The molecule has 114 valence electrons. The summed E-state index contributed by atoms with van der Waals surface area (Å²) in [7, 11) is 0. The van der Waals surface area contributed by atoms with Crippen LogP contribution in [0.2, 0.25) is 0 Å². The zero-order valence-corrected chi connectivity index (χ0v) is 13.6. The molecule has 1 aliphatic rings. The zero-order valence-electron chi connectivity index (χ0n) is 13.6. The van der Waals surface area contributed by atoms with E-state index in [4.69, 9.17) is 0 Å². The Morgan fingerprint density at radius 3 is 2.42 bits per heavy atom. The smallest absolute Gasteiger partial charge is 0.217 e. The quantitative estimate of drug-likeness (QED) is 0.777. The number of hydrogen-bond donors (Lipinski definition) is 2. The first-order valence-corrected chi connectivity index (χ1v) is 7.99. The number of carbonyl (C=O) groups excluding carboxylic acids is 1. The van der Waals surface area contributed by atoms with Gasteiger partial charge in [-0.15, -0.1) is 0 Å². The van der Waals surface area contributed by atoms with Crippen molar-refractivity contribution in [3.05, 3.63) is 0 Å². The molecule has 1 saturated heterocycles. The van der Waals surface area contributed by atoms with Crippen LogP contribution in [0.1, 0.15) is 66.7 Å². The highest BCUT2D eigenvalue weighted by molar-refractivity contribution is 5.73. The number of hydrogen-bond acceptors (Lipinski definition) is 2. The lowest BCUT2D eigenvalue weighted by Crippen LogP contribution is -2.37. The fraction of sp³-hybridized carbons (Fsp3) is 0.938. The van der Waals surface area contributed by atoms with Crippen molar-refractivity contribution in [2.24, 2.45) is 11.8 Å². The van der Waals surface area contributed by atoms with E-state index >= 15 is 0 Å². The van der Waals surface area contributed by atoms with Crippen LogP contribution < -0.4 is 10.6 Å². The van der Waals surface area contributed by atoms with Gasteiger partial charge in [0.2, 0.25) is 5.91 Å². The van der Waals surface area contributed by atoms with Crippen molar-refractivity contribution in [2.45, 2.75) is 72.8 Å². The van der Waals surface area contributed by atoms with Gasteiger partial charge in [0.05, 0.1) is 0 Å². The summed E-state index contributed by atoms with van der Waals surface area (Å²) in [5.41, 5.74) is 0. The zero-order chi connectivity index (χ0) is 14.7. The van der Waals surface area contributed by atoms with Crippen LogP contribution in [-0.4, -0.2) is 25.0 Å². The summed E-state index contributed by atoms with van der Waals surface area (Å²) >= 11 is 0. The van der Waals surface area contributed by atoms with E-state index in [1.54, 1.807) is 6.92 Å². The SMILES string of the molecule is CC(=O)NC(CCCC1CCNC1)C(C)C.CCC. The molecule has 1 fully saturated rings. The summed E-state index contributed by atoms with van der Waals surface area (Å²) in [5, 5.41) is 6.45. The van der Waals surface area contributed by atoms with Crippen molar-refractivity contribution in [1.82, 2.24) is 10.6 Å². The maximum Gasteiger partial charge on any atom is 0.217 e. The molecule has 1 amide bonds. The van der Waals surface area contributed by atoms with Gasteiger partial charge in [-0.25, -0.2) is 0 Å². The maximum absolute atomic E-state index is 11.1. The molecule has 2 N–H and O–H groups in total. The monoisotopic (exact) mass is 270 g/mol. The van der Waals surface area contributed by atoms with E-state index < -0.39 is 0 Å². The Morgan fingerprint density at radius 1 is 1.37 bits per heavy atom. The Balaban J connectivity index is 0.000000982. The van der Waals surface area contributed by atoms with Crippen molar-refractivity contribution in [3.8, 4) is 0 Å². The van der Waals surface area contributed by atoms with Crippen molar-refractivity contribution < 1.29 is 4.79 Å². The Hall–Kier alpha value is -0.570. The topological polar surface area (TPSA) is 41.1 Å². The third-order valence-electron chi connectivity index (χ3n) is 3.48. The van der Waals surface area contributed by atoms with Crippen molar-refractivity contribution >= 4 is 5.91 Å². The normalized spacial score (nSPS) is 19.8. The van der Waals surface area contributed by atoms with E-state index in [2.05, 4.69) is 38.3 Å². The van der Waals surface area contributed by atoms with Crippen LogP contribution in [0.3, 0.4) is 0 Å². The second-order valence-electron chi connectivity index (χ2n) is 6.05. The average molecular weight is 270 g/mol. The number of rotatable bonds is 6. The van der Waals surface area contributed by atoms with E-state index in [-0.39, 0.29) is 5.91 Å². The molecule has 0 bridgehead atoms. The van der Waals surface area contributed by atoms with Crippen molar-refractivity contribution in [2.75, 3.05) is 13.1 Å². The van der Waals surface area contributed by atoms with Gasteiger partial charge in [0, 0.05) is 13.0 Å². The Morgan fingerprint density at radius 2 is 2.00 bits per heavy atom. The molecule has 3 heteroatoms. The van der Waals surface area contributed by atoms with Crippen LogP contribution in [0.4, 0.5) is 0 Å². The maximum atomic E-state index is 11.1. The molecule has 0 aromatic heterocycles. The second-order valence-corrected chi connectivity index (χ2v) is 6.05. The number of amides is 1. The van der Waals surface area contributed by atoms with Crippen molar-refractivity contribution in [1.29, 1.82) is 0 Å². The summed E-state index contributed by atoms with van der Waals surface area (Å²) in [6.45, 7) is 12.6. The van der Waals surface area contributed by atoms with Gasteiger partial charge in [0.1, 0.15) is 0 Å². The lowest BCUT2D eigenvalue weighted by molar-refractivity contribution is -0.120. The lowest BCUT2D eigenvalue weighted by Gasteiger charge is -2.22. The highest BCUT2D eigenvalue weighted by Gasteiger charge is 2.17. The molecule has 1 aliphatic heterocycles. The lowest BCUT2D eigenvalue weighted by atomic mass is 9.94. The highest BCUT2D eigenvalue weighted by Crippen LogP contribution is 2.18. The number of carbonyl (C=O) groups is 1. The Labute approximate surface area is 119 Å². The Kier molecular flexibility index (Phi) is 10.9. The summed E-state index contributed by atoms with van der Waals surface area (Å²) in [4.78, 5) is 11.1. The largest absolute Gasteiger partial charge is 0.353 e. The van der Waals surface area contributed by atoms with Gasteiger partial charge in [-0.1, -0.05) is 40.5 Å². The second kappa shape index (κ2) is 11.3. The fourth-order valence-electron chi connectivity index (χ4n) is 2.42. The summed E-state index contributed by atoms with van der Waals surface area (Å²) in [6.07, 6.45) is 6.23. The molecule has 0 aliphatic carbocycles. The molecule has 0 aromatic rings. The highest BCUT2D eigenvalue weighted by atomic mass is 16.1. The molecule has 0 aromatic carbocycles. The average Bonchev–Trinajstić information content (AvgIpc) is 2.81. The van der Waals surface area contributed by atoms with Crippen LogP contribution >= 0.6 is 0 Å². The summed E-state index contributed by atoms with van der Waals surface area (Å²) in [6, 6.07) is 0.354. The van der Waals surface area contributed by atoms with Gasteiger partial charge >= 0.3 is 0 Å². The van der Waals surface area contributed by atoms with E-state index in [9.17, 15) is 4.79 Å². The van der Waals surface area contributed by atoms with Crippen LogP contribution in [0, 0.1) is 11.8 Å². The molecule has 1 rings (SSSR count). The van der Waals surface area contributed by atoms with E-state index in [0.717, 1.165) is 12.3 Å². The van der Waals surface area contributed by atoms with Gasteiger partial charge in [0.25, 0.3) is 0 Å². The third kappa shape index (κ3) is 9.94. The first-order chi connectivity index (χ1) is 9.01. The fourth-order valence-corrected chi connectivity index (χ4v) is 2.42. The molecule has 0 spiro atoms. The minimum Gasteiger partial charge on any atom is -0.353 e. The first-order valence-electron chi connectivity index (χ1n) is 7.99. The minimum atomic E-state index is 0.0984. The predicted molar refractivity (Wildman–Crippen MR) is 83.2 cm³/mol. The third-order valence-corrected chi connectivity index (χ3v) is 3.48. The molecule has 19 heavy (non-hydrogen) atoms. The van der Waals surface area contributed by atoms with E-state index in [1.807, 2.05) is 0 Å². The van der Waals surface area contributed by atoms with Gasteiger partial charge in [-0.3, -0.25) is 4.79 Å². The molecule has 2 atom stereocenters. The summed E-state index contributed by atoms with van der Waals surface area (Å²) in [5.74, 6) is 1.50. The minimum absolute atomic E-state index is 0.0984. The van der Waals surface area contributed by atoms with Crippen LogP contribution in [0.15, 0.2) is 0 Å². The molecule has 3 nitrogen and oxygen atoms in total. The molecular weight excluding hydrogens is 236 g/mol. The molecule has 1 heterocycles. The standard InChI is InChI=1S/C13H26N2O.C3H8/c1-10(2)13(15-11(3)16)6-4-5-12-7-8-14-9-12;1-3-2/h10,12-14H,4-9H2,1-3H3,(H,15,16);3H2,1-2H3. The van der Waals surface area contributed by atoms with Crippen LogP contribution in [0.5, 0.6) is 0 Å². The van der Waals surface area contributed by atoms with Gasteiger partial charge in [-0.05, 0) is 44.2 Å². The van der Waals surface area contributed by atoms with Gasteiger partial charge < -0.3 is 10.6 Å². The molecule has 0 saturated carbocycles. The molecular formula is C16H34N2O. The molecule has 0 radical (unpaired) electrons. The van der Waals surface area contributed by atoms with Gasteiger partial charge in [-0.2, -0.15) is 0 Å². The predicted octanol–water partition coefficient (Wildman–Crippen LogP) is 3.34. The van der Waals surface area contributed by atoms with E-state index in [1.165, 1.54) is 38.8 Å². The van der Waals surface area contributed by atoms with Crippen LogP contribution in [-0.2, 0) is 4.79 Å². The first kappa shape index (κ1) is 18.4. The molecule has 2 unspecified atom stereocenters.